The zero-order valence-corrected chi connectivity index (χ0v) is 28.0. The van der Waals surface area contributed by atoms with Gasteiger partial charge in [0.05, 0.1) is 6.04 Å². The molecule has 45 heavy (non-hydrogen) atoms. The van der Waals surface area contributed by atoms with E-state index in [0.717, 1.165) is 10.6 Å². The van der Waals surface area contributed by atoms with E-state index in [1.54, 1.807) is 26.1 Å². The predicted molar refractivity (Wildman–Crippen MR) is 173 cm³/mol. The van der Waals surface area contributed by atoms with Crippen molar-refractivity contribution in [1.82, 2.24) is 26.3 Å². The molecule has 2 aromatic rings. The van der Waals surface area contributed by atoms with Crippen LogP contribution in [-0.4, -0.2) is 79.8 Å². The zero-order valence-electron chi connectivity index (χ0n) is 27.1. The highest BCUT2D eigenvalue weighted by Gasteiger charge is 2.35. The Labute approximate surface area is 269 Å². The van der Waals surface area contributed by atoms with Gasteiger partial charge in [-0.2, -0.15) is 0 Å². The number of hydrogen-bond acceptors (Lipinski definition) is 9. The summed E-state index contributed by atoms with van der Waals surface area (Å²) in [7, 11) is 3.80. The summed E-state index contributed by atoms with van der Waals surface area (Å²) in [5.41, 5.74) is 0.916. The van der Waals surface area contributed by atoms with E-state index in [0.29, 0.717) is 25.1 Å². The fourth-order valence-electron chi connectivity index (χ4n) is 4.99. The van der Waals surface area contributed by atoms with Gasteiger partial charge in [0.25, 0.3) is 5.91 Å². The summed E-state index contributed by atoms with van der Waals surface area (Å²) >= 11 is 1.22. The lowest BCUT2D eigenvalue weighted by molar-refractivity contribution is -0.134. The van der Waals surface area contributed by atoms with Crippen molar-refractivity contribution in [1.29, 1.82) is 0 Å². The zero-order chi connectivity index (χ0) is 33.3. The molecule has 1 aliphatic rings. The van der Waals surface area contributed by atoms with Gasteiger partial charge in [-0.15, -0.1) is 11.3 Å². The van der Waals surface area contributed by atoms with E-state index in [-0.39, 0.29) is 41.6 Å². The molecule has 1 fully saturated rings. The Morgan fingerprint density at radius 1 is 1.07 bits per heavy atom. The number of thiazole rings is 1. The SMILES string of the molecule is Cc1cnc(C(=O)[C@H](C[C@@H]2CCNC2=O)NC(=O)[C@H](CC(C)C)NC(=O)[C@@H](NC(=O)COc2cccc(N(C)C)c2)C(C)C)s1. The van der Waals surface area contributed by atoms with Gasteiger partial charge in [-0.25, -0.2) is 4.98 Å². The number of aromatic nitrogens is 1. The lowest BCUT2D eigenvalue weighted by atomic mass is 9.95. The molecule has 0 bridgehead atoms. The van der Waals surface area contributed by atoms with Crippen LogP contribution in [0, 0.1) is 24.7 Å². The van der Waals surface area contributed by atoms with Crippen molar-refractivity contribution in [3.05, 3.63) is 40.3 Å². The van der Waals surface area contributed by atoms with E-state index in [9.17, 15) is 24.0 Å². The van der Waals surface area contributed by atoms with Gasteiger partial charge >= 0.3 is 0 Å². The van der Waals surface area contributed by atoms with Crippen LogP contribution in [0.5, 0.6) is 5.75 Å². The average Bonchev–Trinajstić information content (AvgIpc) is 3.60. The highest BCUT2D eigenvalue weighted by molar-refractivity contribution is 7.13. The summed E-state index contributed by atoms with van der Waals surface area (Å²) in [6.45, 7) is 9.47. The van der Waals surface area contributed by atoms with Crippen molar-refractivity contribution in [3.63, 3.8) is 0 Å². The third-order valence-electron chi connectivity index (χ3n) is 7.46. The van der Waals surface area contributed by atoms with Crippen molar-refractivity contribution < 1.29 is 28.7 Å². The molecule has 4 atom stereocenters. The fourth-order valence-corrected chi connectivity index (χ4v) is 5.75. The van der Waals surface area contributed by atoms with Crippen LogP contribution in [0.15, 0.2) is 30.5 Å². The number of Topliss-reactive ketones (excluding diaryl/α,β-unsaturated/α-hetero) is 1. The standard InChI is InChI=1S/C32H46N6O6S/c1-18(2)13-25(30(42)35-24(14-21-11-12-33-29(21)41)28(40)32-34-16-20(5)45-32)36-31(43)27(19(3)4)37-26(39)17-44-23-10-8-9-22(15-23)38(6)7/h8-10,15-16,18-19,21,24-25,27H,11-14,17H2,1-7H3,(H,33,41)(H,35,42)(H,36,43)(H,37,39)/t21-,24-,25-,27-/m0/s1. The Morgan fingerprint density at radius 2 is 1.78 bits per heavy atom. The molecule has 13 heteroatoms. The summed E-state index contributed by atoms with van der Waals surface area (Å²) < 4.78 is 5.66. The van der Waals surface area contributed by atoms with Crippen LogP contribution in [0.1, 0.15) is 61.6 Å². The normalized spacial score (nSPS) is 16.5. The van der Waals surface area contributed by atoms with E-state index in [2.05, 4.69) is 26.3 Å². The molecule has 1 aromatic heterocycles. The second-order valence-electron chi connectivity index (χ2n) is 12.4. The number of ketones is 1. The number of ether oxygens (including phenoxy) is 1. The second-order valence-corrected chi connectivity index (χ2v) is 13.6. The van der Waals surface area contributed by atoms with Gasteiger partial charge in [-0.3, -0.25) is 24.0 Å². The molecule has 2 heterocycles. The lowest BCUT2D eigenvalue weighted by Crippen LogP contribution is -2.57. The highest BCUT2D eigenvalue weighted by Crippen LogP contribution is 2.22. The van der Waals surface area contributed by atoms with Crippen LogP contribution in [0.25, 0.3) is 0 Å². The Bertz CT molecular complexity index is 1360. The number of carbonyl (C=O) groups is 5. The summed E-state index contributed by atoms with van der Waals surface area (Å²) in [6.07, 6.45) is 2.57. The first-order chi connectivity index (χ1) is 21.2. The molecule has 4 N–H and O–H groups in total. The molecule has 0 aliphatic carbocycles. The smallest absolute Gasteiger partial charge is 0.258 e. The maximum Gasteiger partial charge on any atom is 0.258 e. The summed E-state index contributed by atoms with van der Waals surface area (Å²) in [6, 6.07) is 4.38. The van der Waals surface area contributed by atoms with E-state index in [4.69, 9.17) is 4.74 Å². The minimum Gasteiger partial charge on any atom is -0.484 e. The topological polar surface area (TPSA) is 159 Å². The van der Waals surface area contributed by atoms with E-state index < -0.39 is 41.8 Å². The number of hydrogen-bond donors (Lipinski definition) is 4. The molecule has 0 saturated carbocycles. The quantitative estimate of drug-likeness (QED) is 0.203. The molecule has 12 nitrogen and oxygen atoms in total. The molecule has 1 aromatic carbocycles. The monoisotopic (exact) mass is 642 g/mol. The Kier molecular flexibility index (Phi) is 12.9. The molecular weight excluding hydrogens is 596 g/mol. The van der Waals surface area contributed by atoms with Crippen molar-refractivity contribution in [3.8, 4) is 5.75 Å². The maximum atomic E-state index is 13.7. The van der Waals surface area contributed by atoms with Crippen molar-refractivity contribution >= 4 is 46.4 Å². The molecule has 1 aliphatic heterocycles. The van der Waals surface area contributed by atoms with Crippen LogP contribution in [0.4, 0.5) is 5.69 Å². The molecular formula is C32H46N6O6S. The van der Waals surface area contributed by atoms with Crippen LogP contribution in [-0.2, 0) is 19.2 Å². The molecule has 246 valence electrons. The van der Waals surface area contributed by atoms with Crippen LogP contribution in [0.2, 0.25) is 0 Å². The third-order valence-corrected chi connectivity index (χ3v) is 8.39. The van der Waals surface area contributed by atoms with Gasteiger partial charge in [-0.05, 0) is 50.2 Å². The maximum absolute atomic E-state index is 13.7. The number of amides is 4. The largest absolute Gasteiger partial charge is 0.484 e. The number of anilines is 1. The molecule has 0 spiro atoms. The minimum absolute atomic E-state index is 0.0239. The summed E-state index contributed by atoms with van der Waals surface area (Å²) in [4.78, 5) is 72.7. The van der Waals surface area contributed by atoms with Gasteiger partial charge in [-0.1, -0.05) is 33.8 Å². The van der Waals surface area contributed by atoms with Gasteiger partial charge < -0.3 is 30.9 Å². The molecule has 4 amide bonds. The molecule has 1 saturated heterocycles. The van der Waals surface area contributed by atoms with Crippen molar-refractivity contribution in [2.45, 2.75) is 72.0 Å². The first-order valence-corrected chi connectivity index (χ1v) is 16.1. The number of benzene rings is 1. The van der Waals surface area contributed by atoms with Crippen LogP contribution in [0.3, 0.4) is 0 Å². The third kappa shape index (κ3) is 10.5. The average molecular weight is 643 g/mol. The number of nitrogens with one attached hydrogen (secondary N) is 4. The minimum atomic E-state index is -0.993. The van der Waals surface area contributed by atoms with Gasteiger partial charge in [0.2, 0.25) is 23.5 Å². The molecule has 0 unspecified atom stereocenters. The second kappa shape index (κ2) is 16.4. The van der Waals surface area contributed by atoms with Crippen LogP contribution >= 0.6 is 11.3 Å². The van der Waals surface area contributed by atoms with E-state index in [1.807, 2.05) is 58.0 Å². The van der Waals surface area contributed by atoms with E-state index in [1.165, 1.54) is 11.3 Å². The van der Waals surface area contributed by atoms with Gasteiger partial charge in [0.15, 0.2) is 11.6 Å². The lowest BCUT2D eigenvalue weighted by Gasteiger charge is -2.27. The number of nitrogens with zero attached hydrogens (tertiary/aromatic N) is 2. The Hall–Kier alpha value is -4.00. The van der Waals surface area contributed by atoms with Gasteiger partial charge in [0, 0.05) is 49.4 Å². The number of rotatable bonds is 16. The summed E-state index contributed by atoms with van der Waals surface area (Å²) in [5.74, 6) is -2.26. The predicted octanol–water partition coefficient (Wildman–Crippen LogP) is 2.46. The fraction of sp³-hybridized carbons (Fsp3) is 0.562. The number of aryl methyl sites for hydroxylation is 1. The van der Waals surface area contributed by atoms with E-state index >= 15 is 0 Å². The summed E-state index contributed by atoms with van der Waals surface area (Å²) in [5, 5.41) is 11.4. The van der Waals surface area contributed by atoms with Crippen LogP contribution < -0.4 is 30.9 Å². The Balaban J connectivity index is 1.70. The van der Waals surface area contributed by atoms with Crippen molar-refractivity contribution in [2.75, 3.05) is 32.1 Å². The molecule has 0 radical (unpaired) electrons. The first-order valence-electron chi connectivity index (χ1n) is 15.3. The first kappa shape index (κ1) is 35.5. The Morgan fingerprint density at radius 3 is 2.36 bits per heavy atom. The number of carbonyl (C=O) groups excluding carboxylic acids is 5. The highest BCUT2D eigenvalue weighted by atomic mass is 32.1. The van der Waals surface area contributed by atoms with Crippen molar-refractivity contribution in [2.24, 2.45) is 17.8 Å². The van der Waals surface area contributed by atoms with Gasteiger partial charge in [0.1, 0.15) is 17.8 Å². The molecule has 3 rings (SSSR count).